The van der Waals surface area contributed by atoms with Gasteiger partial charge in [0.15, 0.2) is 0 Å². The number of esters is 4. The van der Waals surface area contributed by atoms with E-state index < -0.39 is 0 Å². The molecule has 0 aliphatic heterocycles. The number of hydrogen-bond donors (Lipinski definition) is 0. The molecule has 0 amide bonds. The van der Waals surface area contributed by atoms with Crippen molar-refractivity contribution in [2.75, 3.05) is 49.4 Å². The van der Waals surface area contributed by atoms with Crippen LogP contribution < -0.4 is 0 Å². The first kappa shape index (κ1) is 139. The van der Waals surface area contributed by atoms with E-state index in [-0.39, 0.29) is 100 Å². The molecule has 0 saturated carbocycles. The maximum Gasteiger partial charge on any atom is 2.00 e. The second kappa shape index (κ2) is 136. The Labute approximate surface area is 820 Å². The van der Waals surface area contributed by atoms with Gasteiger partial charge >= 0.3 is 71.7 Å². The molecular formula is C106H206O8S5Sn2. The van der Waals surface area contributed by atoms with Crippen LogP contribution in [-0.2, 0) is 88.6 Å². The number of allylic oxidation sites excluding steroid dienone is 4. The molecule has 0 fully saturated rings. The Morgan fingerprint density at radius 3 is 0.339 bits per heavy atom. The normalized spacial score (nSPS) is 10.5. The van der Waals surface area contributed by atoms with Gasteiger partial charge in [0.2, 0.25) is 0 Å². The molecule has 0 rings (SSSR count). The summed E-state index contributed by atoms with van der Waals surface area (Å²) in [5.74, 6) is 1.70. The second-order valence-electron chi connectivity index (χ2n) is 33.9. The van der Waals surface area contributed by atoms with E-state index in [9.17, 15) is 19.2 Å². The molecule has 0 atom stereocenters. The van der Waals surface area contributed by atoms with E-state index in [0.717, 1.165) is 51.4 Å². The fraction of sp³-hybridized carbons (Fsp3) is 0.887. The summed E-state index contributed by atoms with van der Waals surface area (Å²) in [7, 11) is 0. The Bertz CT molecular complexity index is 1660. The minimum atomic E-state index is -0.0789. The number of carbonyl (C=O) groups is 4. The predicted molar refractivity (Wildman–Crippen MR) is 557 cm³/mol. The third kappa shape index (κ3) is 143. The van der Waals surface area contributed by atoms with Gasteiger partial charge in [-0.25, -0.2) is 0 Å². The van der Waals surface area contributed by atoms with Gasteiger partial charge in [-0.15, -0.1) is 49.3 Å². The van der Waals surface area contributed by atoms with Crippen molar-refractivity contribution >= 4 is 136 Å². The van der Waals surface area contributed by atoms with Crippen LogP contribution in [0.25, 0.3) is 0 Å². The van der Waals surface area contributed by atoms with Crippen LogP contribution in [0.3, 0.4) is 0 Å². The second-order valence-corrected chi connectivity index (χ2v) is 35.5. The van der Waals surface area contributed by atoms with Crippen molar-refractivity contribution in [3.8, 4) is 0 Å². The Morgan fingerprint density at radius 1 is 0.174 bits per heavy atom. The maximum absolute atomic E-state index is 11.3. The third-order valence-electron chi connectivity index (χ3n) is 22.5. The molecule has 0 aliphatic carbocycles. The molecule has 716 valence electrons. The first-order chi connectivity index (χ1) is 57.2. The largest absolute Gasteiger partial charge is 2.00 e. The topological polar surface area (TPSA) is 105 Å². The van der Waals surface area contributed by atoms with Crippen molar-refractivity contribution in [1.82, 2.24) is 0 Å². The molecule has 0 saturated heterocycles. The zero-order valence-electron chi connectivity index (χ0n) is 78.6. The Kier molecular flexibility index (Phi) is 156. The number of hydrogen-bond acceptors (Lipinski definition) is 12. The Balaban J connectivity index is -0.000000195. The van der Waals surface area contributed by atoms with Crippen molar-refractivity contribution < 1.29 is 38.1 Å². The molecule has 0 aromatic heterocycles. The van der Waals surface area contributed by atoms with E-state index in [0.29, 0.717) is 75.1 Å². The minimum absolute atomic E-state index is 0. The predicted octanol–water partition coefficient (Wildman–Crippen LogP) is 34.4. The van der Waals surface area contributed by atoms with Gasteiger partial charge in [0.25, 0.3) is 0 Å². The summed E-state index contributed by atoms with van der Waals surface area (Å²) in [5.41, 5.74) is 0. The molecule has 0 bridgehead atoms. The molecule has 0 spiro atoms. The zero-order chi connectivity index (χ0) is 85.0. The van der Waals surface area contributed by atoms with Gasteiger partial charge in [0.1, 0.15) is 0 Å². The average Bonchev–Trinajstić information content (AvgIpc) is 1.07. The number of carbonyl (C=O) groups excluding carboxylic acids is 4. The molecule has 0 heterocycles. The summed E-state index contributed by atoms with van der Waals surface area (Å²) in [4.78, 5) is 45.3. The number of rotatable bonds is 96. The van der Waals surface area contributed by atoms with Gasteiger partial charge in [0.05, 0.1) is 26.4 Å². The average molecular weight is 2010 g/mol. The summed E-state index contributed by atoms with van der Waals surface area (Å²) < 4.78 is 20.0. The van der Waals surface area contributed by atoms with Gasteiger partial charge in [-0.2, -0.15) is 13.5 Å². The van der Waals surface area contributed by atoms with Crippen LogP contribution in [-0.4, -0.2) is 121 Å². The number of ether oxygens (including phenoxy) is 4. The van der Waals surface area contributed by atoms with E-state index in [4.69, 9.17) is 69.5 Å². The van der Waals surface area contributed by atoms with Crippen molar-refractivity contribution in [3.05, 3.63) is 50.6 Å². The molecule has 0 aliphatic rings. The Hall–Kier alpha value is 0.187. The molecule has 0 aromatic rings. The SMILES string of the molecule is C.C.C=CCCCCCCCCCCCCCCCCCCCCCC(=O)OCC[S-].C=CCCCCCCCCCCCCCCCCCCCCCC(=O)OCC[S-].C=CCCCCCCCCCCCCCCCCCCCCCC(=O)OCC[S-].C=CCCCCCCCCCCCCCCCCCCCCCC(=O)OCC[S-].S.[Sn+2].[Sn+2]. The number of unbranched alkanes of at least 4 members (excludes halogenated alkanes) is 76. The van der Waals surface area contributed by atoms with Crippen molar-refractivity contribution in [2.45, 2.75) is 554 Å². The summed E-state index contributed by atoms with van der Waals surface area (Å²) in [6.07, 6.45) is 119. The molecule has 121 heavy (non-hydrogen) atoms. The van der Waals surface area contributed by atoms with E-state index >= 15 is 0 Å². The van der Waals surface area contributed by atoms with Crippen LogP contribution in [0.15, 0.2) is 50.6 Å². The zero-order valence-corrected chi connectivity index (χ0v) is 88.6. The molecule has 0 aromatic carbocycles. The molecular weight excluding hydrogens is 1800 g/mol. The van der Waals surface area contributed by atoms with Crippen LogP contribution in [0.2, 0.25) is 0 Å². The van der Waals surface area contributed by atoms with Gasteiger partial charge in [-0.05, 0) is 77.0 Å². The fourth-order valence-corrected chi connectivity index (χ4v) is 15.5. The van der Waals surface area contributed by atoms with Crippen molar-refractivity contribution in [3.63, 3.8) is 0 Å². The fourth-order valence-electron chi connectivity index (χ4n) is 15.2. The molecule has 0 N–H and O–H groups in total. The van der Waals surface area contributed by atoms with Crippen LogP contribution in [0.5, 0.6) is 0 Å². The first-order valence-electron chi connectivity index (χ1n) is 50.6. The van der Waals surface area contributed by atoms with Crippen LogP contribution in [0, 0.1) is 0 Å². The quantitative estimate of drug-likeness (QED) is 0.0145. The summed E-state index contributed by atoms with van der Waals surface area (Å²) in [6, 6.07) is 0. The molecule has 0 unspecified atom stereocenters. The van der Waals surface area contributed by atoms with Crippen molar-refractivity contribution in [1.29, 1.82) is 0 Å². The first-order valence-corrected chi connectivity index (χ1v) is 52.9. The van der Waals surface area contributed by atoms with Gasteiger partial charge in [-0.3, -0.25) is 19.2 Å². The minimum Gasteiger partial charge on any atom is -0.789 e. The third-order valence-corrected chi connectivity index (χ3v) is 23.2. The summed E-state index contributed by atoms with van der Waals surface area (Å²) in [6.45, 7) is 16.7. The standard InChI is InChI=1S/4C26H50O2S.2CH4.H2S.2Sn/c4*1-2-3-4-5-6-7-8-9-10-11-12-13-14-15-16-17-18-19-20-21-22-23-26(27)28-24-25-29;;;;;/h4*2,29H,1,3-25H2;2*1H4;1H2;;/q;;;;;;;2*+2/p-4. The Morgan fingerprint density at radius 2 is 0.256 bits per heavy atom. The van der Waals surface area contributed by atoms with Crippen LogP contribution >= 0.6 is 13.5 Å². The van der Waals surface area contributed by atoms with Gasteiger partial charge < -0.3 is 69.5 Å². The van der Waals surface area contributed by atoms with Gasteiger partial charge in [-0.1, -0.05) is 476 Å². The van der Waals surface area contributed by atoms with E-state index in [2.05, 4.69) is 26.3 Å². The molecule has 4 radical (unpaired) electrons. The molecule has 8 nitrogen and oxygen atoms in total. The summed E-state index contributed by atoms with van der Waals surface area (Å²) >= 11 is 19.0. The van der Waals surface area contributed by atoms with E-state index in [1.54, 1.807) is 0 Å². The van der Waals surface area contributed by atoms with E-state index in [1.807, 2.05) is 24.3 Å². The van der Waals surface area contributed by atoms with Crippen LogP contribution in [0.4, 0.5) is 0 Å². The monoisotopic (exact) mass is 2010 g/mol. The molecule has 15 heteroatoms. The van der Waals surface area contributed by atoms with E-state index in [1.165, 1.54) is 462 Å². The smallest absolute Gasteiger partial charge is 0.789 e. The maximum atomic E-state index is 11.3. The van der Waals surface area contributed by atoms with Crippen molar-refractivity contribution in [2.24, 2.45) is 0 Å². The van der Waals surface area contributed by atoms with Crippen LogP contribution in [0.1, 0.15) is 554 Å². The van der Waals surface area contributed by atoms with Gasteiger partial charge in [0, 0.05) is 25.7 Å². The summed E-state index contributed by atoms with van der Waals surface area (Å²) in [5, 5.41) is 0.